The van der Waals surface area contributed by atoms with Crippen LogP contribution in [0.15, 0.2) is 34.5 Å². The molecule has 5 heteroatoms. The second-order valence-electron chi connectivity index (χ2n) is 3.18. The molecule has 0 amide bonds. The van der Waals surface area contributed by atoms with Crippen molar-refractivity contribution >= 4 is 21.6 Å². The molecule has 2 heterocycles. The molecule has 1 aromatic carbocycles. The standard InChI is InChI=1S/C11H8N2O2S/c1-14-10-7(11-12-4-5-15-11)2-3-8-9(10)13-6-16-8/h2-6H,1H3. The predicted octanol–water partition coefficient (Wildman–Crippen LogP) is 2.96. The predicted molar refractivity (Wildman–Crippen MR) is 61.7 cm³/mol. The van der Waals surface area contributed by atoms with E-state index in [1.54, 1.807) is 36.4 Å². The first-order chi connectivity index (χ1) is 7.90. The van der Waals surface area contributed by atoms with Crippen molar-refractivity contribution in [3.63, 3.8) is 0 Å². The Morgan fingerprint density at radius 1 is 1.31 bits per heavy atom. The number of oxazole rings is 1. The van der Waals surface area contributed by atoms with E-state index in [1.165, 1.54) is 0 Å². The summed E-state index contributed by atoms with van der Waals surface area (Å²) < 4.78 is 11.7. The SMILES string of the molecule is COc1c(-c2ncco2)ccc2scnc12. The van der Waals surface area contributed by atoms with Crippen LogP contribution in [0.3, 0.4) is 0 Å². The second-order valence-corrected chi connectivity index (χ2v) is 4.07. The van der Waals surface area contributed by atoms with E-state index in [0.29, 0.717) is 11.6 Å². The minimum Gasteiger partial charge on any atom is -0.494 e. The molecular formula is C11H8N2O2S. The largest absolute Gasteiger partial charge is 0.494 e. The molecule has 0 spiro atoms. The third-order valence-electron chi connectivity index (χ3n) is 2.32. The minimum atomic E-state index is 0.548. The number of ether oxygens (including phenoxy) is 1. The Balaban J connectivity index is 2.32. The van der Waals surface area contributed by atoms with Crippen molar-refractivity contribution in [2.75, 3.05) is 7.11 Å². The molecule has 4 nitrogen and oxygen atoms in total. The van der Waals surface area contributed by atoms with Crippen molar-refractivity contribution in [3.05, 3.63) is 30.1 Å². The summed E-state index contributed by atoms with van der Waals surface area (Å²) >= 11 is 1.58. The lowest BCUT2D eigenvalue weighted by Gasteiger charge is -2.05. The molecule has 0 aliphatic carbocycles. The van der Waals surface area contributed by atoms with Crippen LogP contribution in [-0.2, 0) is 0 Å². The molecule has 0 aliphatic rings. The quantitative estimate of drug-likeness (QED) is 0.681. The average molecular weight is 232 g/mol. The van der Waals surface area contributed by atoms with Crippen LogP contribution in [-0.4, -0.2) is 17.1 Å². The molecule has 0 saturated carbocycles. The third kappa shape index (κ3) is 1.29. The smallest absolute Gasteiger partial charge is 0.229 e. The lowest BCUT2D eigenvalue weighted by atomic mass is 10.2. The van der Waals surface area contributed by atoms with Gasteiger partial charge < -0.3 is 9.15 Å². The Morgan fingerprint density at radius 2 is 2.25 bits per heavy atom. The number of hydrogen-bond acceptors (Lipinski definition) is 5. The maximum atomic E-state index is 5.38. The highest BCUT2D eigenvalue weighted by atomic mass is 32.1. The summed E-state index contributed by atoms with van der Waals surface area (Å²) in [5, 5.41) is 0. The number of hydrogen-bond donors (Lipinski definition) is 0. The van der Waals surface area contributed by atoms with Crippen LogP contribution in [0.1, 0.15) is 0 Å². The fourth-order valence-corrected chi connectivity index (χ4v) is 2.31. The first kappa shape index (κ1) is 9.35. The fourth-order valence-electron chi connectivity index (χ4n) is 1.64. The normalized spacial score (nSPS) is 10.8. The number of thiazole rings is 1. The van der Waals surface area contributed by atoms with Gasteiger partial charge in [-0.2, -0.15) is 0 Å². The highest BCUT2D eigenvalue weighted by Crippen LogP contribution is 2.36. The summed E-state index contributed by atoms with van der Waals surface area (Å²) in [5.74, 6) is 1.26. The maximum absolute atomic E-state index is 5.38. The summed E-state index contributed by atoms with van der Waals surface area (Å²) in [6.45, 7) is 0. The van der Waals surface area contributed by atoms with Crippen LogP contribution in [0.25, 0.3) is 21.7 Å². The van der Waals surface area contributed by atoms with Crippen LogP contribution in [0, 0.1) is 0 Å². The van der Waals surface area contributed by atoms with Gasteiger partial charge in [-0.15, -0.1) is 11.3 Å². The zero-order valence-electron chi connectivity index (χ0n) is 8.51. The van der Waals surface area contributed by atoms with Gasteiger partial charge in [-0.25, -0.2) is 9.97 Å². The monoisotopic (exact) mass is 232 g/mol. The van der Waals surface area contributed by atoms with Gasteiger partial charge in [-0.05, 0) is 12.1 Å². The van der Waals surface area contributed by atoms with Crippen LogP contribution in [0.4, 0.5) is 0 Å². The van der Waals surface area contributed by atoms with Crippen molar-refractivity contribution in [2.45, 2.75) is 0 Å². The van der Waals surface area contributed by atoms with Crippen molar-refractivity contribution in [1.29, 1.82) is 0 Å². The highest BCUT2D eigenvalue weighted by molar-refractivity contribution is 7.16. The topological polar surface area (TPSA) is 48.2 Å². The van der Waals surface area contributed by atoms with Gasteiger partial charge in [0.25, 0.3) is 0 Å². The number of rotatable bonds is 2. The minimum absolute atomic E-state index is 0.548. The van der Waals surface area contributed by atoms with Crippen LogP contribution >= 0.6 is 11.3 Å². The van der Waals surface area contributed by atoms with Gasteiger partial charge in [0.15, 0.2) is 5.75 Å². The van der Waals surface area contributed by atoms with Crippen molar-refractivity contribution < 1.29 is 9.15 Å². The molecule has 0 bridgehead atoms. The lowest BCUT2D eigenvalue weighted by Crippen LogP contribution is -1.89. The molecular weight excluding hydrogens is 224 g/mol. The number of nitrogens with zero attached hydrogens (tertiary/aromatic N) is 2. The molecule has 0 saturated heterocycles. The molecule has 0 unspecified atom stereocenters. The molecule has 3 rings (SSSR count). The molecule has 0 fully saturated rings. The van der Waals surface area contributed by atoms with Crippen LogP contribution in [0.5, 0.6) is 5.75 Å². The van der Waals surface area contributed by atoms with E-state index in [4.69, 9.17) is 9.15 Å². The molecule has 2 aromatic heterocycles. The first-order valence-electron chi connectivity index (χ1n) is 4.70. The van der Waals surface area contributed by atoms with Crippen molar-refractivity contribution in [1.82, 2.24) is 9.97 Å². The van der Waals surface area contributed by atoms with Gasteiger partial charge in [0.1, 0.15) is 11.8 Å². The zero-order chi connectivity index (χ0) is 11.0. The van der Waals surface area contributed by atoms with E-state index < -0.39 is 0 Å². The number of fused-ring (bicyclic) bond motifs is 1. The van der Waals surface area contributed by atoms with E-state index in [-0.39, 0.29) is 0 Å². The number of aromatic nitrogens is 2. The zero-order valence-corrected chi connectivity index (χ0v) is 9.32. The molecule has 80 valence electrons. The Morgan fingerprint density at radius 3 is 3.00 bits per heavy atom. The Bertz CT molecular complexity index is 616. The van der Waals surface area contributed by atoms with E-state index in [1.807, 2.05) is 12.1 Å². The Kier molecular flexibility index (Phi) is 2.11. The molecule has 0 radical (unpaired) electrons. The Hall–Kier alpha value is -1.88. The summed E-state index contributed by atoms with van der Waals surface area (Å²) in [4.78, 5) is 8.40. The van der Waals surface area contributed by atoms with Crippen LogP contribution < -0.4 is 4.74 Å². The van der Waals surface area contributed by atoms with Gasteiger partial charge in [0, 0.05) is 0 Å². The summed E-state index contributed by atoms with van der Waals surface area (Å²) in [6, 6.07) is 3.93. The second kappa shape index (κ2) is 3.61. The van der Waals surface area contributed by atoms with E-state index in [9.17, 15) is 0 Å². The summed E-state index contributed by atoms with van der Waals surface area (Å²) in [7, 11) is 1.63. The fraction of sp³-hybridized carbons (Fsp3) is 0.0909. The average Bonchev–Trinajstić information content (AvgIpc) is 2.97. The van der Waals surface area contributed by atoms with E-state index >= 15 is 0 Å². The van der Waals surface area contributed by atoms with Gasteiger partial charge in [0.2, 0.25) is 5.89 Å². The van der Waals surface area contributed by atoms with Gasteiger partial charge in [-0.1, -0.05) is 0 Å². The molecule has 0 N–H and O–H groups in total. The van der Waals surface area contributed by atoms with Gasteiger partial charge in [-0.3, -0.25) is 0 Å². The van der Waals surface area contributed by atoms with Gasteiger partial charge >= 0.3 is 0 Å². The number of methoxy groups -OCH3 is 1. The Labute approximate surface area is 95.5 Å². The van der Waals surface area contributed by atoms with Crippen molar-refractivity contribution in [2.24, 2.45) is 0 Å². The summed E-state index contributed by atoms with van der Waals surface area (Å²) in [6.07, 6.45) is 3.15. The molecule has 0 atom stereocenters. The van der Waals surface area contributed by atoms with E-state index in [2.05, 4.69) is 9.97 Å². The molecule has 16 heavy (non-hydrogen) atoms. The highest BCUT2D eigenvalue weighted by Gasteiger charge is 2.14. The van der Waals surface area contributed by atoms with Gasteiger partial charge in [0.05, 0.1) is 29.1 Å². The van der Waals surface area contributed by atoms with Crippen molar-refractivity contribution in [3.8, 4) is 17.2 Å². The third-order valence-corrected chi connectivity index (χ3v) is 3.12. The lowest BCUT2D eigenvalue weighted by molar-refractivity contribution is 0.418. The molecule has 0 aliphatic heterocycles. The van der Waals surface area contributed by atoms with Crippen LogP contribution in [0.2, 0.25) is 0 Å². The molecule has 3 aromatic rings. The number of benzene rings is 1. The first-order valence-corrected chi connectivity index (χ1v) is 5.58. The summed E-state index contributed by atoms with van der Waals surface area (Å²) in [5.41, 5.74) is 3.47. The maximum Gasteiger partial charge on any atom is 0.229 e. The van der Waals surface area contributed by atoms with E-state index in [0.717, 1.165) is 15.8 Å².